The molecule has 0 bridgehead atoms. The van der Waals surface area contributed by atoms with E-state index in [1.165, 1.54) is 6.26 Å². The number of hydrogen-bond donors (Lipinski definition) is 1. The van der Waals surface area contributed by atoms with E-state index in [0.717, 1.165) is 12.8 Å². The molecular formula is C19H25NO4S. The molecule has 1 aliphatic rings. The van der Waals surface area contributed by atoms with Crippen molar-refractivity contribution in [1.82, 2.24) is 4.90 Å². The molecule has 1 fully saturated rings. The lowest BCUT2D eigenvalue weighted by molar-refractivity contribution is 0.0684. The second kappa shape index (κ2) is 7.59. The van der Waals surface area contributed by atoms with Gasteiger partial charge in [-0.05, 0) is 50.8 Å². The molecule has 1 saturated heterocycles. The zero-order chi connectivity index (χ0) is 18.7. The predicted molar refractivity (Wildman–Crippen MR) is 98.0 cm³/mol. The highest BCUT2D eigenvalue weighted by molar-refractivity contribution is 7.90. The molecule has 1 aromatic rings. The van der Waals surface area contributed by atoms with Gasteiger partial charge in [0.05, 0.1) is 5.75 Å². The third-order valence-corrected chi connectivity index (χ3v) is 5.04. The molecule has 25 heavy (non-hydrogen) atoms. The van der Waals surface area contributed by atoms with Gasteiger partial charge in [0.2, 0.25) is 0 Å². The van der Waals surface area contributed by atoms with Gasteiger partial charge >= 0.3 is 0 Å². The number of amides is 1. The van der Waals surface area contributed by atoms with E-state index in [0.29, 0.717) is 24.2 Å². The van der Waals surface area contributed by atoms with Crippen LogP contribution >= 0.6 is 0 Å². The van der Waals surface area contributed by atoms with Crippen LogP contribution in [0.3, 0.4) is 0 Å². The van der Waals surface area contributed by atoms with Crippen LogP contribution in [-0.4, -0.2) is 55.0 Å². The van der Waals surface area contributed by atoms with Crippen LogP contribution in [-0.2, 0) is 9.84 Å². The molecule has 0 aliphatic carbocycles. The topological polar surface area (TPSA) is 74.7 Å². The summed E-state index contributed by atoms with van der Waals surface area (Å²) in [4.78, 5) is 14.5. The summed E-state index contributed by atoms with van der Waals surface area (Å²) in [5.74, 6) is 5.61. The highest BCUT2D eigenvalue weighted by Crippen LogP contribution is 2.20. The summed E-state index contributed by atoms with van der Waals surface area (Å²) in [6, 6.07) is 7.00. The lowest BCUT2D eigenvalue weighted by Crippen LogP contribution is -2.41. The number of sulfone groups is 1. The molecule has 0 spiro atoms. The lowest BCUT2D eigenvalue weighted by Gasteiger charge is -2.32. The number of benzene rings is 1. The summed E-state index contributed by atoms with van der Waals surface area (Å²) >= 11 is 0. The largest absolute Gasteiger partial charge is 0.378 e. The Hall–Kier alpha value is -1.84. The Morgan fingerprint density at radius 1 is 1.40 bits per heavy atom. The van der Waals surface area contributed by atoms with Crippen molar-refractivity contribution in [1.29, 1.82) is 0 Å². The SMILES string of the molecule is CC(C)(O)C#Cc1cccc(C(=O)N2CCCC(CS(C)(=O)=O)C2)c1. The van der Waals surface area contributed by atoms with Crippen molar-refractivity contribution >= 4 is 15.7 Å². The van der Waals surface area contributed by atoms with Gasteiger partial charge in [-0.3, -0.25) is 4.79 Å². The Labute approximate surface area is 150 Å². The molecule has 1 unspecified atom stereocenters. The summed E-state index contributed by atoms with van der Waals surface area (Å²) in [5, 5.41) is 9.69. The second-order valence-corrected chi connectivity index (χ2v) is 9.43. The van der Waals surface area contributed by atoms with Crippen molar-refractivity contribution < 1.29 is 18.3 Å². The van der Waals surface area contributed by atoms with Crippen LogP contribution in [0.15, 0.2) is 24.3 Å². The first-order valence-electron chi connectivity index (χ1n) is 8.36. The van der Waals surface area contributed by atoms with Crippen LogP contribution in [0.1, 0.15) is 42.6 Å². The zero-order valence-electron chi connectivity index (χ0n) is 14.9. The fraction of sp³-hybridized carbons (Fsp3) is 0.526. The van der Waals surface area contributed by atoms with Gasteiger partial charge in [-0.15, -0.1) is 0 Å². The molecular weight excluding hydrogens is 338 g/mol. The standard InChI is InChI=1S/C19H25NO4S/c1-19(2,22)10-9-15-6-4-8-17(12-15)18(21)20-11-5-7-16(13-20)14-25(3,23)24/h4,6,8,12,16,22H,5,7,11,13-14H2,1-3H3. The van der Waals surface area contributed by atoms with Crippen LogP contribution in [0, 0.1) is 17.8 Å². The lowest BCUT2D eigenvalue weighted by atomic mass is 9.99. The fourth-order valence-corrected chi connectivity index (χ4v) is 4.08. The van der Waals surface area contributed by atoms with Crippen LogP contribution in [0.5, 0.6) is 0 Å². The van der Waals surface area contributed by atoms with Gasteiger partial charge in [-0.1, -0.05) is 17.9 Å². The van der Waals surface area contributed by atoms with E-state index in [-0.39, 0.29) is 17.6 Å². The van der Waals surface area contributed by atoms with Gasteiger partial charge in [0, 0.05) is 30.5 Å². The van der Waals surface area contributed by atoms with Crippen molar-refractivity contribution in [2.24, 2.45) is 5.92 Å². The summed E-state index contributed by atoms with van der Waals surface area (Å²) in [5.41, 5.74) is 0.103. The Balaban J connectivity index is 2.13. The van der Waals surface area contributed by atoms with Gasteiger partial charge in [-0.2, -0.15) is 0 Å². The molecule has 6 heteroatoms. The van der Waals surface area contributed by atoms with E-state index in [4.69, 9.17) is 0 Å². The molecule has 1 amide bonds. The molecule has 2 rings (SSSR count). The number of nitrogens with zero attached hydrogens (tertiary/aromatic N) is 1. The molecule has 5 nitrogen and oxygen atoms in total. The van der Waals surface area contributed by atoms with Crippen molar-refractivity contribution in [3.8, 4) is 11.8 Å². The number of hydrogen-bond acceptors (Lipinski definition) is 4. The highest BCUT2D eigenvalue weighted by Gasteiger charge is 2.26. The van der Waals surface area contributed by atoms with Gasteiger partial charge in [0.1, 0.15) is 15.4 Å². The van der Waals surface area contributed by atoms with E-state index in [9.17, 15) is 18.3 Å². The molecule has 1 aromatic carbocycles. The minimum absolute atomic E-state index is 0.00846. The first-order valence-corrected chi connectivity index (χ1v) is 10.4. The summed E-state index contributed by atoms with van der Waals surface area (Å²) in [6.07, 6.45) is 2.87. The van der Waals surface area contributed by atoms with E-state index < -0.39 is 15.4 Å². The van der Waals surface area contributed by atoms with Crippen molar-refractivity contribution in [2.45, 2.75) is 32.3 Å². The number of rotatable bonds is 3. The molecule has 0 radical (unpaired) electrons. The van der Waals surface area contributed by atoms with Crippen LogP contribution < -0.4 is 0 Å². The predicted octanol–water partition coefficient (Wildman–Crippen LogP) is 1.71. The monoisotopic (exact) mass is 363 g/mol. The Morgan fingerprint density at radius 3 is 2.76 bits per heavy atom. The zero-order valence-corrected chi connectivity index (χ0v) is 15.8. The minimum atomic E-state index is -3.05. The minimum Gasteiger partial charge on any atom is -0.378 e. The highest BCUT2D eigenvalue weighted by atomic mass is 32.2. The molecule has 1 atom stereocenters. The molecule has 1 aliphatic heterocycles. The maximum Gasteiger partial charge on any atom is 0.253 e. The van der Waals surface area contributed by atoms with Gasteiger partial charge in [0.15, 0.2) is 0 Å². The fourth-order valence-electron chi connectivity index (χ4n) is 2.95. The Morgan fingerprint density at radius 2 is 2.12 bits per heavy atom. The van der Waals surface area contributed by atoms with Crippen molar-refractivity contribution in [3.63, 3.8) is 0 Å². The van der Waals surface area contributed by atoms with Gasteiger partial charge < -0.3 is 10.0 Å². The third-order valence-electron chi connectivity index (χ3n) is 3.97. The van der Waals surface area contributed by atoms with E-state index in [2.05, 4.69) is 11.8 Å². The number of aliphatic hydroxyl groups is 1. The summed E-state index contributed by atoms with van der Waals surface area (Å²) in [6.45, 7) is 4.31. The van der Waals surface area contributed by atoms with Crippen LogP contribution in [0.4, 0.5) is 0 Å². The number of piperidine rings is 1. The van der Waals surface area contributed by atoms with Gasteiger partial charge in [0.25, 0.3) is 5.91 Å². The van der Waals surface area contributed by atoms with Gasteiger partial charge in [-0.25, -0.2) is 8.42 Å². The van der Waals surface area contributed by atoms with E-state index in [1.807, 2.05) is 0 Å². The number of carbonyl (C=O) groups excluding carboxylic acids is 1. The molecule has 1 heterocycles. The molecule has 136 valence electrons. The average molecular weight is 363 g/mol. The average Bonchev–Trinajstić information content (AvgIpc) is 2.50. The molecule has 0 saturated carbocycles. The van der Waals surface area contributed by atoms with Crippen LogP contribution in [0.25, 0.3) is 0 Å². The number of carbonyl (C=O) groups is 1. The second-order valence-electron chi connectivity index (χ2n) is 7.24. The van der Waals surface area contributed by atoms with Crippen LogP contribution in [0.2, 0.25) is 0 Å². The smallest absolute Gasteiger partial charge is 0.253 e. The summed E-state index contributed by atoms with van der Waals surface area (Å²) in [7, 11) is -3.05. The Bertz CT molecular complexity index is 797. The molecule has 1 N–H and O–H groups in total. The number of likely N-dealkylation sites (tertiary alicyclic amines) is 1. The Kier molecular flexibility index (Phi) is 5.91. The quantitative estimate of drug-likeness (QED) is 0.830. The summed E-state index contributed by atoms with van der Waals surface area (Å²) < 4.78 is 23.0. The molecule has 0 aromatic heterocycles. The first kappa shape index (κ1) is 19.5. The third kappa shape index (κ3) is 6.52. The normalized spacial score (nSPS) is 18.4. The van der Waals surface area contributed by atoms with E-state index >= 15 is 0 Å². The maximum atomic E-state index is 12.7. The maximum absolute atomic E-state index is 12.7. The van der Waals surface area contributed by atoms with Crippen molar-refractivity contribution in [2.75, 3.05) is 25.1 Å². The van der Waals surface area contributed by atoms with Crippen molar-refractivity contribution in [3.05, 3.63) is 35.4 Å². The van der Waals surface area contributed by atoms with E-state index in [1.54, 1.807) is 43.0 Å². The first-order chi connectivity index (χ1) is 11.5.